The number of halogens is 1. The van der Waals surface area contributed by atoms with Gasteiger partial charge in [0.15, 0.2) is 0 Å². The van der Waals surface area contributed by atoms with Gasteiger partial charge in [-0.3, -0.25) is 0 Å². The molecule has 1 aromatic carbocycles. The Labute approximate surface area is 90.0 Å². The van der Waals surface area contributed by atoms with E-state index in [1.54, 1.807) is 7.11 Å². The summed E-state index contributed by atoms with van der Waals surface area (Å²) in [5.41, 5.74) is 1.57. The van der Waals surface area contributed by atoms with Crippen molar-refractivity contribution in [3.63, 3.8) is 0 Å². The lowest BCUT2D eigenvalue weighted by Crippen LogP contribution is -2.17. The molecule has 1 aromatic rings. The van der Waals surface area contributed by atoms with Crippen LogP contribution in [0.2, 0.25) is 0 Å². The first-order valence-corrected chi connectivity index (χ1v) is 5.47. The predicted molar refractivity (Wildman–Crippen MR) is 58.8 cm³/mol. The molecule has 76 valence electrons. The molecule has 2 atom stereocenters. The molecule has 0 bridgehead atoms. The maximum atomic E-state index is 5.91. The molecule has 1 nitrogen and oxygen atoms in total. The third kappa shape index (κ3) is 1.55. The van der Waals surface area contributed by atoms with Crippen LogP contribution in [0, 0.1) is 5.92 Å². The van der Waals surface area contributed by atoms with Gasteiger partial charge in [0.2, 0.25) is 0 Å². The second-order valence-corrected chi connectivity index (χ2v) is 4.32. The van der Waals surface area contributed by atoms with Gasteiger partial charge in [0, 0.05) is 18.4 Å². The Bertz CT molecular complexity index is 298. The average Bonchev–Trinajstić information content (AvgIpc) is 2.95. The maximum Gasteiger partial charge on any atom is 0.0562 e. The number of benzene rings is 1. The summed E-state index contributed by atoms with van der Waals surface area (Å²) in [7, 11) is 1.76. The Morgan fingerprint density at radius 1 is 1.43 bits per heavy atom. The molecule has 2 unspecified atom stereocenters. The molecule has 2 heteroatoms. The standard InChI is InChI=1S/C12H15ClO/c1-14-9-12(7-11(12)8-13)10-5-3-2-4-6-10/h2-6,11H,7-9H2,1H3. The molecule has 0 aromatic heterocycles. The number of alkyl halides is 1. The third-order valence-electron chi connectivity index (χ3n) is 3.17. The van der Waals surface area contributed by atoms with E-state index in [0.29, 0.717) is 5.92 Å². The summed E-state index contributed by atoms with van der Waals surface area (Å²) in [6.45, 7) is 0.786. The number of rotatable bonds is 4. The van der Waals surface area contributed by atoms with Gasteiger partial charge in [-0.25, -0.2) is 0 Å². The number of ether oxygens (including phenoxy) is 1. The van der Waals surface area contributed by atoms with Gasteiger partial charge < -0.3 is 4.74 Å². The molecule has 1 fully saturated rings. The zero-order chi connectivity index (χ0) is 10.0. The summed E-state index contributed by atoms with van der Waals surface area (Å²) in [4.78, 5) is 0. The Morgan fingerprint density at radius 3 is 2.64 bits per heavy atom. The minimum atomic E-state index is 0.206. The van der Waals surface area contributed by atoms with E-state index < -0.39 is 0 Å². The molecular weight excluding hydrogens is 196 g/mol. The lowest BCUT2D eigenvalue weighted by atomic mass is 9.94. The van der Waals surface area contributed by atoms with Crippen LogP contribution in [0.1, 0.15) is 12.0 Å². The first-order valence-electron chi connectivity index (χ1n) is 4.94. The van der Waals surface area contributed by atoms with Crippen LogP contribution in [0.15, 0.2) is 30.3 Å². The topological polar surface area (TPSA) is 9.23 Å². The number of hydrogen-bond acceptors (Lipinski definition) is 1. The molecule has 0 aliphatic heterocycles. The molecule has 1 saturated carbocycles. The largest absolute Gasteiger partial charge is 0.384 e. The van der Waals surface area contributed by atoms with E-state index in [1.165, 1.54) is 5.56 Å². The summed E-state index contributed by atoms with van der Waals surface area (Å²) in [5, 5.41) is 0. The summed E-state index contributed by atoms with van der Waals surface area (Å²) < 4.78 is 5.30. The fourth-order valence-corrected chi connectivity index (χ4v) is 2.63. The van der Waals surface area contributed by atoms with Gasteiger partial charge in [0.05, 0.1) is 6.61 Å². The number of hydrogen-bond donors (Lipinski definition) is 0. The quantitative estimate of drug-likeness (QED) is 0.695. The van der Waals surface area contributed by atoms with E-state index in [4.69, 9.17) is 16.3 Å². The molecule has 0 amide bonds. The van der Waals surface area contributed by atoms with Gasteiger partial charge in [-0.05, 0) is 17.9 Å². The van der Waals surface area contributed by atoms with E-state index >= 15 is 0 Å². The van der Waals surface area contributed by atoms with Crippen LogP contribution in [0.5, 0.6) is 0 Å². The minimum Gasteiger partial charge on any atom is -0.384 e. The van der Waals surface area contributed by atoms with Crippen LogP contribution >= 0.6 is 11.6 Å². The van der Waals surface area contributed by atoms with Gasteiger partial charge in [-0.2, -0.15) is 0 Å². The second-order valence-electron chi connectivity index (χ2n) is 4.01. The van der Waals surface area contributed by atoms with Crippen LogP contribution in [-0.2, 0) is 10.2 Å². The van der Waals surface area contributed by atoms with Crippen molar-refractivity contribution in [1.82, 2.24) is 0 Å². The van der Waals surface area contributed by atoms with Gasteiger partial charge in [0.1, 0.15) is 0 Å². The molecule has 1 aliphatic rings. The molecule has 2 rings (SSSR count). The van der Waals surface area contributed by atoms with E-state index in [-0.39, 0.29) is 5.41 Å². The van der Waals surface area contributed by atoms with E-state index in [0.717, 1.165) is 18.9 Å². The fourth-order valence-electron chi connectivity index (χ4n) is 2.22. The number of methoxy groups -OCH3 is 1. The Hall–Kier alpha value is -0.530. The molecular formula is C12H15ClO. The molecule has 0 N–H and O–H groups in total. The van der Waals surface area contributed by atoms with E-state index in [2.05, 4.69) is 24.3 Å². The minimum absolute atomic E-state index is 0.206. The van der Waals surface area contributed by atoms with Gasteiger partial charge >= 0.3 is 0 Å². The van der Waals surface area contributed by atoms with Crippen LogP contribution in [0.3, 0.4) is 0 Å². The van der Waals surface area contributed by atoms with Crippen molar-refractivity contribution in [2.45, 2.75) is 11.8 Å². The molecule has 14 heavy (non-hydrogen) atoms. The first kappa shape index (κ1) is 10.0. The predicted octanol–water partition coefficient (Wildman–Crippen LogP) is 2.83. The monoisotopic (exact) mass is 210 g/mol. The average molecular weight is 211 g/mol. The van der Waals surface area contributed by atoms with Crippen molar-refractivity contribution >= 4 is 11.6 Å². The zero-order valence-electron chi connectivity index (χ0n) is 8.37. The summed E-state index contributed by atoms with van der Waals surface area (Å²) in [6, 6.07) is 10.5. The highest BCUT2D eigenvalue weighted by Gasteiger charge is 2.54. The molecule has 0 spiro atoms. The van der Waals surface area contributed by atoms with Crippen LogP contribution in [0.25, 0.3) is 0 Å². The molecule has 0 saturated heterocycles. The van der Waals surface area contributed by atoms with Gasteiger partial charge in [-0.1, -0.05) is 30.3 Å². The first-order chi connectivity index (χ1) is 6.83. The second kappa shape index (κ2) is 3.92. The van der Waals surface area contributed by atoms with E-state index in [9.17, 15) is 0 Å². The van der Waals surface area contributed by atoms with Crippen molar-refractivity contribution in [3.8, 4) is 0 Å². The summed E-state index contributed by atoms with van der Waals surface area (Å²) in [6.07, 6.45) is 1.16. The normalized spacial score (nSPS) is 30.3. The van der Waals surface area contributed by atoms with Crippen LogP contribution in [-0.4, -0.2) is 19.6 Å². The zero-order valence-corrected chi connectivity index (χ0v) is 9.13. The highest BCUT2D eigenvalue weighted by atomic mass is 35.5. The van der Waals surface area contributed by atoms with Crippen molar-refractivity contribution in [1.29, 1.82) is 0 Å². The van der Waals surface area contributed by atoms with Gasteiger partial charge in [0.25, 0.3) is 0 Å². The van der Waals surface area contributed by atoms with Crippen molar-refractivity contribution in [3.05, 3.63) is 35.9 Å². The Kier molecular flexibility index (Phi) is 2.80. The summed E-state index contributed by atoms with van der Waals surface area (Å²) in [5.74, 6) is 1.32. The summed E-state index contributed by atoms with van der Waals surface area (Å²) >= 11 is 5.91. The lowest BCUT2D eigenvalue weighted by Gasteiger charge is -2.16. The SMILES string of the molecule is COCC1(c2ccccc2)CC1CCl. The van der Waals surface area contributed by atoms with Crippen LogP contribution < -0.4 is 0 Å². The highest BCUT2D eigenvalue weighted by molar-refractivity contribution is 6.18. The smallest absolute Gasteiger partial charge is 0.0562 e. The Morgan fingerprint density at radius 2 is 2.14 bits per heavy atom. The maximum absolute atomic E-state index is 5.91. The lowest BCUT2D eigenvalue weighted by molar-refractivity contribution is 0.166. The van der Waals surface area contributed by atoms with Crippen molar-refractivity contribution in [2.75, 3.05) is 19.6 Å². The Balaban J connectivity index is 2.22. The highest BCUT2D eigenvalue weighted by Crippen LogP contribution is 2.54. The third-order valence-corrected chi connectivity index (χ3v) is 3.54. The molecule has 1 aliphatic carbocycles. The van der Waals surface area contributed by atoms with Gasteiger partial charge in [-0.15, -0.1) is 11.6 Å². The van der Waals surface area contributed by atoms with E-state index in [1.807, 2.05) is 6.07 Å². The van der Waals surface area contributed by atoms with Crippen LogP contribution in [0.4, 0.5) is 0 Å². The van der Waals surface area contributed by atoms with Crippen molar-refractivity contribution in [2.24, 2.45) is 5.92 Å². The molecule has 0 radical (unpaired) electrons. The molecule has 0 heterocycles. The van der Waals surface area contributed by atoms with Crippen molar-refractivity contribution < 1.29 is 4.74 Å². The fraction of sp³-hybridized carbons (Fsp3) is 0.500.